The molecule has 0 aliphatic carbocycles. The summed E-state index contributed by atoms with van der Waals surface area (Å²) in [7, 11) is 0. The minimum Gasteiger partial charge on any atom is -0.507 e. The fraction of sp³-hybridized carbons (Fsp3) is 0. The lowest BCUT2D eigenvalue weighted by Crippen LogP contribution is -1.82. The van der Waals surface area contributed by atoms with Gasteiger partial charge in [-0.05, 0) is 18.2 Å². The predicted molar refractivity (Wildman–Crippen MR) is 66.5 cm³/mol. The lowest BCUT2D eigenvalue weighted by atomic mass is 10.3. The SMILES string of the molecule is Oc1ccccc1Sc1ncc(Cl)cc1Cl. The molecule has 2 aromatic rings. The highest BCUT2D eigenvalue weighted by molar-refractivity contribution is 7.99. The third-order valence-corrected chi connectivity index (χ3v) is 3.54. The molecule has 1 N–H and O–H groups in total. The van der Waals surface area contributed by atoms with E-state index in [4.69, 9.17) is 23.2 Å². The quantitative estimate of drug-likeness (QED) is 0.887. The molecule has 0 amide bonds. The first-order valence-electron chi connectivity index (χ1n) is 4.44. The Morgan fingerprint density at radius 1 is 1.19 bits per heavy atom. The van der Waals surface area contributed by atoms with E-state index < -0.39 is 0 Å². The molecule has 0 unspecified atom stereocenters. The highest BCUT2D eigenvalue weighted by Crippen LogP contribution is 2.36. The Bertz CT molecular complexity index is 519. The van der Waals surface area contributed by atoms with Crippen LogP contribution in [0.1, 0.15) is 0 Å². The maximum absolute atomic E-state index is 9.60. The molecule has 0 spiro atoms. The molecule has 0 saturated carbocycles. The van der Waals surface area contributed by atoms with Crippen molar-refractivity contribution in [3.8, 4) is 5.75 Å². The van der Waals surface area contributed by atoms with Crippen molar-refractivity contribution in [3.63, 3.8) is 0 Å². The van der Waals surface area contributed by atoms with Crippen LogP contribution in [-0.4, -0.2) is 10.1 Å². The molecular formula is C11H7Cl2NOS. The molecule has 0 fully saturated rings. The van der Waals surface area contributed by atoms with Crippen LogP contribution in [0.2, 0.25) is 10.0 Å². The van der Waals surface area contributed by atoms with E-state index in [2.05, 4.69) is 4.98 Å². The fourth-order valence-corrected chi connectivity index (χ4v) is 2.41. The summed E-state index contributed by atoms with van der Waals surface area (Å²) in [6, 6.07) is 8.64. The summed E-state index contributed by atoms with van der Waals surface area (Å²) in [5.41, 5.74) is 0. The van der Waals surface area contributed by atoms with Crippen LogP contribution in [0.3, 0.4) is 0 Å². The van der Waals surface area contributed by atoms with Gasteiger partial charge in [-0.2, -0.15) is 0 Å². The Kier molecular flexibility index (Phi) is 3.59. The Morgan fingerprint density at radius 2 is 1.94 bits per heavy atom. The second kappa shape index (κ2) is 4.95. The number of aromatic nitrogens is 1. The second-order valence-corrected chi connectivity index (χ2v) is 4.88. The van der Waals surface area contributed by atoms with Crippen LogP contribution in [0, 0.1) is 0 Å². The number of rotatable bonds is 2. The first-order chi connectivity index (χ1) is 7.66. The lowest BCUT2D eigenvalue weighted by molar-refractivity contribution is 0.462. The molecule has 0 aliphatic heterocycles. The summed E-state index contributed by atoms with van der Waals surface area (Å²) in [6.07, 6.45) is 1.52. The fourth-order valence-electron chi connectivity index (χ4n) is 1.12. The number of pyridine rings is 1. The third-order valence-electron chi connectivity index (χ3n) is 1.85. The molecular weight excluding hydrogens is 265 g/mol. The smallest absolute Gasteiger partial charge is 0.129 e. The van der Waals surface area contributed by atoms with Gasteiger partial charge in [-0.25, -0.2) is 4.98 Å². The summed E-state index contributed by atoms with van der Waals surface area (Å²) in [5.74, 6) is 0.209. The van der Waals surface area contributed by atoms with Gasteiger partial charge in [0.25, 0.3) is 0 Å². The van der Waals surface area contributed by atoms with Crippen molar-refractivity contribution in [2.24, 2.45) is 0 Å². The summed E-state index contributed by atoms with van der Waals surface area (Å²) < 4.78 is 0. The molecule has 0 saturated heterocycles. The van der Waals surface area contributed by atoms with E-state index in [0.717, 1.165) is 0 Å². The molecule has 16 heavy (non-hydrogen) atoms. The maximum atomic E-state index is 9.60. The van der Waals surface area contributed by atoms with Gasteiger partial charge in [0.15, 0.2) is 0 Å². The van der Waals surface area contributed by atoms with Gasteiger partial charge >= 0.3 is 0 Å². The number of benzene rings is 1. The number of hydrogen-bond donors (Lipinski definition) is 1. The Balaban J connectivity index is 2.31. The first-order valence-corrected chi connectivity index (χ1v) is 6.01. The van der Waals surface area contributed by atoms with Crippen molar-refractivity contribution in [2.45, 2.75) is 9.92 Å². The van der Waals surface area contributed by atoms with Crippen LogP contribution >= 0.6 is 35.0 Å². The molecule has 1 aromatic heterocycles. The van der Waals surface area contributed by atoms with Gasteiger partial charge in [0.2, 0.25) is 0 Å². The summed E-state index contributed by atoms with van der Waals surface area (Å²) in [6.45, 7) is 0. The van der Waals surface area contributed by atoms with Crippen LogP contribution in [0.25, 0.3) is 0 Å². The number of halogens is 2. The van der Waals surface area contributed by atoms with Gasteiger partial charge in [0.05, 0.1) is 14.9 Å². The van der Waals surface area contributed by atoms with Gasteiger partial charge < -0.3 is 5.11 Å². The van der Waals surface area contributed by atoms with E-state index in [1.807, 2.05) is 6.07 Å². The van der Waals surface area contributed by atoms with Crippen molar-refractivity contribution in [1.82, 2.24) is 4.98 Å². The monoisotopic (exact) mass is 271 g/mol. The third kappa shape index (κ3) is 2.61. The Morgan fingerprint density at radius 3 is 2.62 bits per heavy atom. The number of aromatic hydroxyl groups is 1. The lowest BCUT2D eigenvalue weighted by Gasteiger charge is -2.04. The van der Waals surface area contributed by atoms with E-state index in [9.17, 15) is 5.11 Å². The molecule has 0 bridgehead atoms. The average Bonchev–Trinajstić information content (AvgIpc) is 2.25. The molecule has 0 atom stereocenters. The van der Waals surface area contributed by atoms with Crippen LogP contribution in [0.5, 0.6) is 5.75 Å². The van der Waals surface area contributed by atoms with Crippen molar-refractivity contribution in [1.29, 1.82) is 0 Å². The van der Waals surface area contributed by atoms with E-state index in [0.29, 0.717) is 20.0 Å². The van der Waals surface area contributed by atoms with Gasteiger partial charge in [-0.15, -0.1) is 0 Å². The maximum Gasteiger partial charge on any atom is 0.129 e. The Labute approximate surface area is 107 Å². The van der Waals surface area contributed by atoms with E-state index in [1.165, 1.54) is 18.0 Å². The minimum atomic E-state index is 0.209. The van der Waals surface area contributed by atoms with Crippen LogP contribution in [-0.2, 0) is 0 Å². The molecule has 0 aliphatic rings. The van der Waals surface area contributed by atoms with Crippen LogP contribution < -0.4 is 0 Å². The summed E-state index contributed by atoms with van der Waals surface area (Å²) >= 11 is 13.0. The zero-order valence-corrected chi connectivity index (χ0v) is 10.4. The molecule has 0 radical (unpaired) electrons. The van der Waals surface area contributed by atoms with E-state index >= 15 is 0 Å². The normalized spacial score (nSPS) is 10.4. The zero-order valence-electron chi connectivity index (χ0n) is 8.02. The molecule has 5 heteroatoms. The van der Waals surface area contributed by atoms with Gasteiger partial charge in [-0.1, -0.05) is 47.1 Å². The van der Waals surface area contributed by atoms with E-state index in [-0.39, 0.29) is 5.75 Å². The number of phenolic OH excluding ortho intramolecular Hbond substituents is 1. The number of phenols is 1. The van der Waals surface area contributed by atoms with Crippen LogP contribution in [0.4, 0.5) is 0 Å². The number of hydrogen-bond acceptors (Lipinski definition) is 3. The number of nitrogens with zero attached hydrogens (tertiary/aromatic N) is 1. The summed E-state index contributed by atoms with van der Waals surface area (Å²) in [4.78, 5) is 4.81. The highest BCUT2D eigenvalue weighted by atomic mass is 35.5. The zero-order chi connectivity index (χ0) is 11.5. The molecule has 1 aromatic carbocycles. The highest BCUT2D eigenvalue weighted by Gasteiger charge is 2.07. The predicted octanol–water partition coefficient (Wildman–Crippen LogP) is 4.25. The van der Waals surface area contributed by atoms with Crippen molar-refractivity contribution >= 4 is 35.0 Å². The molecule has 2 nitrogen and oxygen atoms in total. The van der Waals surface area contributed by atoms with Crippen molar-refractivity contribution in [2.75, 3.05) is 0 Å². The largest absolute Gasteiger partial charge is 0.507 e. The van der Waals surface area contributed by atoms with Gasteiger partial charge in [-0.3, -0.25) is 0 Å². The standard InChI is InChI=1S/C11H7Cl2NOS/c12-7-5-8(13)11(14-6-7)16-10-4-2-1-3-9(10)15/h1-6,15H. The van der Waals surface area contributed by atoms with E-state index in [1.54, 1.807) is 24.3 Å². The minimum absolute atomic E-state index is 0.209. The van der Waals surface area contributed by atoms with Gasteiger partial charge in [0.1, 0.15) is 10.8 Å². The van der Waals surface area contributed by atoms with Gasteiger partial charge in [0, 0.05) is 6.20 Å². The summed E-state index contributed by atoms with van der Waals surface area (Å²) in [5, 5.41) is 11.2. The average molecular weight is 272 g/mol. The van der Waals surface area contributed by atoms with Crippen molar-refractivity contribution in [3.05, 3.63) is 46.6 Å². The van der Waals surface area contributed by atoms with Crippen molar-refractivity contribution < 1.29 is 5.11 Å². The molecule has 1 heterocycles. The first kappa shape index (κ1) is 11.6. The number of para-hydroxylation sites is 1. The molecule has 2 rings (SSSR count). The topological polar surface area (TPSA) is 33.1 Å². The second-order valence-electron chi connectivity index (χ2n) is 3.01. The molecule has 82 valence electrons. The Hall–Kier alpha value is -0.900. The van der Waals surface area contributed by atoms with Crippen LogP contribution in [0.15, 0.2) is 46.5 Å².